The Labute approximate surface area is 293 Å². The van der Waals surface area contributed by atoms with Crippen molar-refractivity contribution in [2.45, 2.75) is 22.6 Å². The van der Waals surface area contributed by atoms with Crippen molar-refractivity contribution >= 4 is 63.0 Å². The average Bonchev–Trinajstić information content (AvgIpc) is 3.86. The lowest BCUT2D eigenvalue weighted by molar-refractivity contribution is -0.123. The maximum Gasteiger partial charge on any atom is 0.305 e. The third kappa shape index (κ3) is 4.79. The van der Waals surface area contributed by atoms with E-state index in [1.54, 1.807) is 17.8 Å². The van der Waals surface area contributed by atoms with Crippen molar-refractivity contribution < 1.29 is 28.2 Å². The van der Waals surface area contributed by atoms with Crippen LogP contribution in [0.15, 0.2) is 94.7 Å². The molecule has 3 fully saturated rings. The summed E-state index contributed by atoms with van der Waals surface area (Å²) in [7, 11) is 1.54. The van der Waals surface area contributed by atoms with Gasteiger partial charge in [-0.2, -0.15) is 0 Å². The zero-order chi connectivity index (χ0) is 34.3. The van der Waals surface area contributed by atoms with Crippen molar-refractivity contribution in [3.63, 3.8) is 0 Å². The minimum Gasteiger partial charge on any atom is -0.493 e. The number of imide groups is 1. The van der Waals surface area contributed by atoms with Gasteiger partial charge in [-0.05, 0) is 77.6 Å². The third-order valence-electron chi connectivity index (χ3n) is 10.8. The van der Waals surface area contributed by atoms with Crippen molar-refractivity contribution in [2.75, 3.05) is 23.9 Å². The predicted octanol–water partition coefficient (Wildman–Crippen LogP) is 6.43. The molecule has 252 valence electrons. The second kappa shape index (κ2) is 11.8. The van der Waals surface area contributed by atoms with Gasteiger partial charge in [0, 0.05) is 27.1 Å². The fourth-order valence-electron chi connectivity index (χ4n) is 8.90. The van der Waals surface area contributed by atoms with E-state index in [-0.39, 0.29) is 58.1 Å². The van der Waals surface area contributed by atoms with Crippen molar-refractivity contribution in [2.24, 2.45) is 29.6 Å². The number of amides is 3. The molecule has 12 heteroatoms. The maximum atomic E-state index is 14.0. The molecule has 0 unspecified atom stereocenters. The molecule has 2 bridgehead atoms. The van der Waals surface area contributed by atoms with Gasteiger partial charge in [-0.15, -0.1) is 11.8 Å². The maximum absolute atomic E-state index is 14.0. The van der Waals surface area contributed by atoms with Crippen LogP contribution in [-0.2, 0) is 14.4 Å². The molecule has 7 atom stereocenters. The smallest absolute Gasteiger partial charge is 0.305 e. The van der Waals surface area contributed by atoms with E-state index in [9.17, 15) is 23.6 Å². The zero-order valence-electron chi connectivity index (χ0n) is 26.6. The van der Waals surface area contributed by atoms with Crippen LogP contribution >= 0.6 is 23.1 Å². The van der Waals surface area contributed by atoms with Crippen LogP contribution in [0, 0.1) is 35.4 Å². The summed E-state index contributed by atoms with van der Waals surface area (Å²) in [5.74, 6) is -1.70. The number of carbonyl (C=O) groups excluding carboxylic acids is 3. The lowest BCUT2D eigenvalue weighted by atomic mass is 9.68. The molecule has 4 aromatic carbocycles. The number of halogens is 1. The van der Waals surface area contributed by atoms with Gasteiger partial charge in [0.2, 0.25) is 11.8 Å². The first kappa shape index (κ1) is 31.1. The van der Waals surface area contributed by atoms with Crippen LogP contribution in [0.2, 0.25) is 0 Å². The average molecular weight is 708 g/mol. The van der Waals surface area contributed by atoms with Crippen molar-refractivity contribution in [1.29, 1.82) is 0 Å². The molecule has 2 aliphatic heterocycles. The van der Waals surface area contributed by atoms with Crippen molar-refractivity contribution in [3.8, 4) is 11.5 Å². The van der Waals surface area contributed by atoms with E-state index < -0.39 is 17.7 Å². The first-order valence-corrected chi connectivity index (χ1v) is 18.1. The van der Waals surface area contributed by atoms with Gasteiger partial charge in [0.25, 0.3) is 5.91 Å². The molecule has 5 aromatic rings. The summed E-state index contributed by atoms with van der Waals surface area (Å²) in [6, 6.07) is 24.6. The summed E-state index contributed by atoms with van der Waals surface area (Å²) in [4.78, 5) is 58.5. The van der Waals surface area contributed by atoms with Crippen LogP contribution < -0.4 is 24.6 Å². The number of methoxy groups -OCH3 is 1. The molecule has 2 aliphatic carbocycles. The van der Waals surface area contributed by atoms with Crippen LogP contribution in [0.3, 0.4) is 0 Å². The molecule has 9 nitrogen and oxygen atoms in total. The molecule has 2 N–H and O–H groups in total. The van der Waals surface area contributed by atoms with Gasteiger partial charge in [-0.3, -0.25) is 24.1 Å². The van der Waals surface area contributed by atoms with Gasteiger partial charge in [-0.25, -0.2) is 4.39 Å². The molecule has 1 aromatic heterocycles. The molecule has 0 spiro atoms. The Hall–Kier alpha value is -4.94. The number of aromatic amines is 1. The quantitative estimate of drug-likeness (QED) is 0.187. The number of hydrogen-bond acceptors (Lipinski definition) is 8. The van der Waals surface area contributed by atoms with Gasteiger partial charge >= 0.3 is 4.87 Å². The number of aromatic nitrogens is 1. The molecular formula is C38H30FN3O6S2. The van der Waals surface area contributed by atoms with Crippen LogP contribution in [0.1, 0.15) is 22.8 Å². The number of H-pyrrole nitrogens is 1. The Morgan fingerprint density at radius 2 is 1.70 bits per heavy atom. The molecule has 4 aliphatic rings. The highest BCUT2D eigenvalue weighted by molar-refractivity contribution is 8.00. The number of nitrogens with zero attached hydrogens (tertiary/aromatic N) is 1. The van der Waals surface area contributed by atoms with E-state index in [2.05, 4.69) is 10.3 Å². The van der Waals surface area contributed by atoms with Crippen LogP contribution in [0.4, 0.5) is 15.8 Å². The zero-order valence-corrected chi connectivity index (χ0v) is 28.3. The summed E-state index contributed by atoms with van der Waals surface area (Å²) in [6.45, 7) is -0.235. The van der Waals surface area contributed by atoms with Gasteiger partial charge < -0.3 is 19.8 Å². The van der Waals surface area contributed by atoms with E-state index in [0.717, 1.165) is 32.7 Å². The Kier molecular flexibility index (Phi) is 7.36. The number of benzene rings is 4. The van der Waals surface area contributed by atoms with Crippen molar-refractivity contribution in [1.82, 2.24) is 4.98 Å². The normalized spacial score (nSPS) is 26.1. The monoisotopic (exact) mass is 707 g/mol. The summed E-state index contributed by atoms with van der Waals surface area (Å²) in [5.41, 5.74) is 1.98. The molecule has 2 saturated carbocycles. The Morgan fingerprint density at radius 3 is 2.50 bits per heavy atom. The number of carbonyl (C=O) groups is 3. The summed E-state index contributed by atoms with van der Waals surface area (Å²) < 4.78 is 25.4. The molecule has 0 radical (unpaired) electrons. The lowest BCUT2D eigenvalue weighted by Crippen LogP contribution is -2.42. The highest BCUT2D eigenvalue weighted by atomic mass is 32.2. The van der Waals surface area contributed by atoms with Gasteiger partial charge in [0.1, 0.15) is 5.82 Å². The van der Waals surface area contributed by atoms with Gasteiger partial charge in [-0.1, -0.05) is 53.8 Å². The molecule has 3 heterocycles. The number of rotatable bonds is 7. The van der Waals surface area contributed by atoms with Gasteiger partial charge in [0.05, 0.1) is 29.7 Å². The fourth-order valence-corrected chi connectivity index (χ4v) is 11.8. The van der Waals surface area contributed by atoms with E-state index in [1.807, 2.05) is 54.6 Å². The summed E-state index contributed by atoms with van der Waals surface area (Å²) in [6.07, 6.45) is 0.742. The number of ether oxygens (including phenoxy) is 2. The Balaban J connectivity index is 1.00. The van der Waals surface area contributed by atoms with E-state index in [1.165, 1.54) is 47.6 Å². The highest BCUT2D eigenvalue weighted by Gasteiger charge is 2.69. The summed E-state index contributed by atoms with van der Waals surface area (Å²) in [5, 5.41) is 5.69. The molecular weight excluding hydrogens is 678 g/mol. The first-order chi connectivity index (χ1) is 24.3. The number of anilines is 2. The number of nitrogens with one attached hydrogen (secondary N) is 2. The fraction of sp³-hybridized carbons (Fsp3) is 0.263. The van der Waals surface area contributed by atoms with Crippen LogP contribution in [-0.4, -0.2) is 41.7 Å². The lowest BCUT2D eigenvalue weighted by Gasteiger charge is -2.43. The summed E-state index contributed by atoms with van der Waals surface area (Å²) >= 11 is 2.78. The van der Waals surface area contributed by atoms with Crippen molar-refractivity contribution in [3.05, 3.63) is 111 Å². The highest BCUT2D eigenvalue weighted by Crippen LogP contribution is 2.68. The standard InChI is InChI=1S/C38H30FN3O6S2/c1-47-27-15-19(9-14-26(27)48-17-28(43)40-25-8-4-6-18-5-2-3-7-22(18)25)29-30-23-16-24(33(30)49-35-34(29)50-38(46)41-35)32-31(23)36(44)42(37(32)45)21-12-10-20(39)11-13-21/h2-15,23-24,29-33H,16-17H2,1H3,(H,40,43)(H,41,46)/t23-,24-,29+,30-,31+,32+,33-/m1/s1. The largest absolute Gasteiger partial charge is 0.493 e. The van der Waals surface area contributed by atoms with E-state index >= 15 is 0 Å². The van der Waals surface area contributed by atoms with E-state index in [4.69, 9.17) is 9.47 Å². The second-order valence-corrected chi connectivity index (χ2v) is 15.4. The van der Waals surface area contributed by atoms with E-state index in [0.29, 0.717) is 22.9 Å². The molecule has 50 heavy (non-hydrogen) atoms. The second-order valence-electron chi connectivity index (χ2n) is 13.2. The number of thioether (sulfide) groups is 1. The van der Waals surface area contributed by atoms with Crippen LogP contribution in [0.25, 0.3) is 10.8 Å². The topological polar surface area (TPSA) is 118 Å². The Morgan fingerprint density at radius 1 is 0.940 bits per heavy atom. The number of fused-ring (bicyclic) bond motifs is 10. The first-order valence-electron chi connectivity index (χ1n) is 16.4. The minimum absolute atomic E-state index is 0.00797. The number of hydrogen-bond donors (Lipinski definition) is 2. The third-order valence-corrected chi connectivity index (χ3v) is 13.4. The number of thiazole rings is 1. The molecule has 1 saturated heterocycles. The minimum atomic E-state index is -0.483. The van der Waals surface area contributed by atoms with Crippen LogP contribution in [0.5, 0.6) is 11.5 Å². The molecule has 3 amide bonds. The Bertz CT molecular complexity index is 2270. The SMILES string of the molecule is COc1cc([C@@H]2c3sc(=O)[nH]c3S[C@@H]3[C@@H]4C[C@@H]([C@@H]5C(=O)N(c6ccc(F)cc6)C(=O)[C@@H]45)[C@H]23)ccc1OCC(=O)Nc1cccc2ccccc12. The predicted molar refractivity (Wildman–Crippen MR) is 188 cm³/mol. The van der Waals surface area contributed by atoms with Gasteiger partial charge in [0.15, 0.2) is 18.1 Å². The molecule has 9 rings (SSSR count).